The number of carbonyl (C=O) groups is 1. The standard InChI is InChI=1S/C9H8N2O2/c1-2-5-13-9-7(6-10)11-4-3-8(9)12/h2-4,9H,1,5H2. The van der Waals surface area contributed by atoms with E-state index in [1.165, 1.54) is 18.4 Å². The van der Waals surface area contributed by atoms with Crippen molar-refractivity contribution in [3.05, 3.63) is 24.9 Å². The number of hydrogen-bond acceptors (Lipinski definition) is 4. The maximum atomic E-state index is 11.2. The normalized spacial score (nSPS) is 20.7. The fourth-order valence-corrected chi connectivity index (χ4v) is 0.894. The highest BCUT2D eigenvalue weighted by Crippen LogP contribution is 2.05. The van der Waals surface area contributed by atoms with Crippen LogP contribution in [0.4, 0.5) is 0 Å². The number of aliphatic imine (C=N–C) groups is 1. The average Bonchev–Trinajstić information content (AvgIpc) is 2.15. The molecule has 0 spiro atoms. The Labute approximate surface area is 75.8 Å². The Morgan fingerprint density at radius 2 is 2.62 bits per heavy atom. The molecule has 1 heterocycles. The molecular weight excluding hydrogens is 168 g/mol. The lowest BCUT2D eigenvalue weighted by Crippen LogP contribution is -2.32. The molecule has 0 bridgehead atoms. The van der Waals surface area contributed by atoms with Crippen molar-refractivity contribution in [3.8, 4) is 6.07 Å². The molecule has 0 aliphatic carbocycles. The summed E-state index contributed by atoms with van der Waals surface area (Å²) in [5.74, 6) is -0.256. The minimum atomic E-state index is -0.854. The molecule has 4 heteroatoms. The number of rotatable bonds is 3. The first-order valence-electron chi connectivity index (χ1n) is 3.70. The summed E-state index contributed by atoms with van der Waals surface area (Å²) in [6.45, 7) is 3.67. The molecule has 0 saturated heterocycles. The summed E-state index contributed by atoms with van der Waals surface area (Å²) >= 11 is 0. The fourth-order valence-electron chi connectivity index (χ4n) is 0.894. The van der Waals surface area contributed by atoms with Crippen molar-refractivity contribution in [2.75, 3.05) is 6.61 Å². The Morgan fingerprint density at radius 1 is 1.85 bits per heavy atom. The zero-order valence-electron chi connectivity index (χ0n) is 6.93. The van der Waals surface area contributed by atoms with Crippen LogP contribution in [0, 0.1) is 11.3 Å². The van der Waals surface area contributed by atoms with E-state index in [4.69, 9.17) is 10.00 Å². The Morgan fingerprint density at radius 3 is 3.23 bits per heavy atom. The van der Waals surface area contributed by atoms with Crippen molar-refractivity contribution >= 4 is 11.5 Å². The zero-order chi connectivity index (χ0) is 9.68. The summed E-state index contributed by atoms with van der Waals surface area (Å²) in [5, 5.41) is 8.61. The summed E-state index contributed by atoms with van der Waals surface area (Å²) in [5.41, 5.74) is 0.0920. The molecule has 1 rings (SSSR count). The van der Waals surface area contributed by atoms with Crippen LogP contribution in [0.1, 0.15) is 0 Å². The Hall–Kier alpha value is -1.73. The van der Waals surface area contributed by atoms with Crippen molar-refractivity contribution in [1.82, 2.24) is 0 Å². The Kier molecular flexibility index (Phi) is 3.12. The van der Waals surface area contributed by atoms with Crippen LogP contribution in [0.25, 0.3) is 0 Å². The molecule has 0 N–H and O–H groups in total. The van der Waals surface area contributed by atoms with Gasteiger partial charge in [0.2, 0.25) is 0 Å². The van der Waals surface area contributed by atoms with Crippen LogP contribution in [-0.4, -0.2) is 24.2 Å². The second-order valence-corrected chi connectivity index (χ2v) is 2.35. The average molecular weight is 176 g/mol. The number of carbonyl (C=O) groups excluding carboxylic acids is 1. The van der Waals surface area contributed by atoms with Gasteiger partial charge in [0.25, 0.3) is 0 Å². The van der Waals surface area contributed by atoms with Gasteiger partial charge in [-0.05, 0) is 0 Å². The van der Waals surface area contributed by atoms with Gasteiger partial charge >= 0.3 is 0 Å². The number of nitrogens with zero attached hydrogens (tertiary/aromatic N) is 2. The van der Waals surface area contributed by atoms with Crippen molar-refractivity contribution in [3.63, 3.8) is 0 Å². The first kappa shape index (κ1) is 9.36. The Bertz CT molecular complexity index is 323. The van der Waals surface area contributed by atoms with Crippen molar-refractivity contribution in [2.24, 2.45) is 4.99 Å². The van der Waals surface area contributed by atoms with Crippen LogP contribution >= 0.6 is 0 Å². The van der Waals surface area contributed by atoms with Crippen LogP contribution < -0.4 is 0 Å². The molecule has 0 amide bonds. The van der Waals surface area contributed by atoms with Gasteiger partial charge in [-0.2, -0.15) is 5.26 Å². The molecule has 66 valence electrons. The molecule has 4 nitrogen and oxygen atoms in total. The number of ketones is 1. The lowest BCUT2D eigenvalue weighted by atomic mass is 10.1. The third kappa shape index (κ3) is 2.10. The lowest BCUT2D eigenvalue weighted by Gasteiger charge is -2.13. The number of ether oxygens (including phenoxy) is 1. The summed E-state index contributed by atoms with van der Waals surface area (Å²) in [6.07, 6.45) is 3.25. The molecule has 0 saturated carbocycles. The van der Waals surface area contributed by atoms with Gasteiger partial charge in [-0.3, -0.25) is 4.79 Å². The van der Waals surface area contributed by atoms with E-state index >= 15 is 0 Å². The zero-order valence-corrected chi connectivity index (χ0v) is 6.93. The van der Waals surface area contributed by atoms with Gasteiger partial charge in [0, 0.05) is 12.3 Å². The molecule has 0 aromatic heterocycles. The second-order valence-electron chi connectivity index (χ2n) is 2.35. The van der Waals surface area contributed by atoms with Crippen LogP contribution in [0.2, 0.25) is 0 Å². The van der Waals surface area contributed by atoms with Gasteiger partial charge in [0.15, 0.2) is 17.6 Å². The minimum Gasteiger partial charge on any atom is -0.359 e. The molecule has 1 unspecified atom stereocenters. The number of hydrogen-bond donors (Lipinski definition) is 0. The molecule has 1 atom stereocenters. The van der Waals surface area contributed by atoms with Gasteiger partial charge in [0.05, 0.1) is 6.61 Å². The molecule has 0 fully saturated rings. The van der Waals surface area contributed by atoms with E-state index in [1.54, 1.807) is 0 Å². The highest BCUT2D eigenvalue weighted by Gasteiger charge is 2.24. The quantitative estimate of drug-likeness (QED) is 0.592. The molecule has 1 aliphatic rings. The third-order valence-corrected chi connectivity index (χ3v) is 1.45. The minimum absolute atomic E-state index is 0.0920. The molecule has 0 aromatic rings. The second kappa shape index (κ2) is 4.33. The van der Waals surface area contributed by atoms with Gasteiger partial charge in [-0.1, -0.05) is 6.08 Å². The topological polar surface area (TPSA) is 62.4 Å². The summed E-state index contributed by atoms with van der Waals surface area (Å²) < 4.78 is 5.08. The van der Waals surface area contributed by atoms with E-state index in [1.807, 2.05) is 6.07 Å². The SMILES string of the molecule is C=CCOC1C(=O)C=CN=C1C#N. The van der Waals surface area contributed by atoms with Crippen molar-refractivity contribution < 1.29 is 9.53 Å². The number of nitriles is 1. The maximum Gasteiger partial charge on any atom is 0.192 e. The molecule has 13 heavy (non-hydrogen) atoms. The van der Waals surface area contributed by atoms with E-state index in [2.05, 4.69) is 11.6 Å². The van der Waals surface area contributed by atoms with E-state index in [0.717, 1.165) is 0 Å². The first-order chi connectivity index (χ1) is 6.29. The van der Waals surface area contributed by atoms with Gasteiger partial charge in [-0.15, -0.1) is 6.58 Å². The molecule has 0 radical (unpaired) electrons. The molecule has 0 aromatic carbocycles. The summed E-state index contributed by atoms with van der Waals surface area (Å²) in [4.78, 5) is 14.9. The largest absolute Gasteiger partial charge is 0.359 e. The first-order valence-corrected chi connectivity index (χ1v) is 3.70. The van der Waals surface area contributed by atoms with E-state index in [9.17, 15) is 4.79 Å². The fraction of sp³-hybridized carbons (Fsp3) is 0.222. The highest BCUT2D eigenvalue weighted by atomic mass is 16.5. The van der Waals surface area contributed by atoms with Crippen molar-refractivity contribution in [1.29, 1.82) is 5.26 Å². The summed E-state index contributed by atoms with van der Waals surface area (Å²) in [6, 6.07) is 1.81. The maximum absolute atomic E-state index is 11.2. The Balaban J connectivity index is 2.75. The van der Waals surface area contributed by atoms with Gasteiger partial charge in [-0.25, -0.2) is 4.99 Å². The third-order valence-electron chi connectivity index (χ3n) is 1.45. The highest BCUT2D eigenvalue weighted by molar-refractivity contribution is 6.19. The van der Waals surface area contributed by atoms with E-state index in [0.29, 0.717) is 0 Å². The van der Waals surface area contributed by atoms with Gasteiger partial charge < -0.3 is 4.74 Å². The smallest absolute Gasteiger partial charge is 0.192 e. The van der Waals surface area contributed by atoms with E-state index < -0.39 is 6.10 Å². The van der Waals surface area contributed by atoms with Crippen LogP contribution in [0.3, 0.4) is 0 Å². The molecular formula is C9H8N2O2. The lowest BCUT2D eigenvalue weighted by molar-refractivity contribution is -0.121. The monoisotopic (exact) mass is 176 g/mol. The predicted molar refractivity (Wildman–Crippen MR) is 47.1 cm³/mol. The van der Waals surface area contributed by atoms with Gasteiger partial charge in [0.1, 0.15) is 6.07 Å². The predicted octanol–water partition coefficient (Wildman–Crippen LogP) is 0.619. The van der Waals surface area contributed by atoms with Crippen LogP contribution in [0.5, 0.6) is 0 Å². The van der Waals surface area contributed by atoms with Crippen molar-refractivity contribution in [2.45, 2.75) is 6.10 Å². The van der Waals surface area contributed by atoms with Crippen LogP contribution in [-0.2, 0) is 9.53 Å². The summed E-state index contributed by atoms with van der Waals surface area (Å²) in [7, 11) is 0. The molecule has 1 aliphatic heterocycles. The van der Waals surface area contributed by atoms with E-state index in [-0.39, 0.29) is 18.1 Å². The van der Waals surface area contributed by atoms with Crippen LogP contribution in [0.15, 0.2) is 29.9 Å².